The molecule has 1 aliphatic heterocycles. The van der Waals surface area contributed by atoms with E-state index in [-0.39, 0.29) is 16.4 Å². The second kappa shape index (κ2) is 7.10. The average Bonchev–Trinajstić information content (AvgIpc) is 2.67. The zero-order valence-electron chi connectivity index (χ0n) is 14.0. The lowest BCUT2D eigenvalue weighted by molar-refractivity contribution is -0.189. The molecule has 0 aliphatic carbocycles. The lowest BCUT2D eigenvalue weighted by atomic mass is 10.0. The second-order valence-corrected chi connectivity index (χ2v) is 5.63. The van der Waals surface area contributed by atoms with Crippen LogP contribution in [0.1, 0.15) is 17.2 Å². The van der Waals surface area contributed by atoms with Crippen LogP contribution in [0.3, 0.4) is 0 Å². The van der Waals surface area contributed by atoms with E-state index < -0.39 is 24.0 Å². The Labute approximate surface area is 152 Å². The van der Waals surface area contributed by atoms with Crippen molar-refractivity contribution in [1.82, 2.24) is 10.3 Å². The zero-order valence-corrected chi connectivity index (χ0v) is 14.0. The minimum absolute atomic E-state index is 0.136. The third kappa shape index (κ3) is 3.76. The highest BCUT2D eigenvalue weighted by Gasteiger charge is 2.48. The van der Waals surface area contributed by atoms with Gasteiger partial charge in [-0.05, 0) is 17.7 Å². The number of rotatable bonds is 3. The number of hydrogen-bond donors (Lipinski definition) is 1. The summed E-state index contributed by atoms with van der Waals surface area (Å²) in [5, 5.41) is 6.42. The Bertz CT molecular complexity index is 880. The molecule has 3 rings (SSSR count). The summed E-state index contributed by atoms with van der Waals surface area (Å²) in [7, 11) is 1.43. The van der Waals surface area contributed by atoms with Gasteiger partial charge in [-0.3, -0.25) is 9.59 Å². The van der Waals surface area contributed by atoms with E-state index in [1.165, 1.54) is 31.4 Å². The molecule has 27 heavy (non-hydrogen) atoms. The smallest absolute Gasteiger partial charge is 0.473 e. The molecular formula is C18H14F3N3O3. The molecule has 2 amide bonds. The largest absolute Gasteiger partial charge is 0.497 e. The molecule has 0 spiro atoms. The van der Waals surface area contributed by atoms with Gasteiger partial charge in [-0.1, -0.05) is 42.5 Å². The van der Waals surface area contributed by atoms with Crippen molar-refractivity contribution in [1.29, 1.82) is 0 Å². The molecule has 1 heterocycles. The van der Waals surface area contributed by atoms with Gasteiger partial charge in [0.05, 0.1) is 7.11 Å². The van der Waals surface area contributed by atoms with Gasteiger partial charge < -0.3 is 10.1 Å². The molecule has 1 unspecified atom stereocenters. The molecule has 0 saturated heterocycles. The minimum atomic E-state index is -5.19. The van der Waals surface area contributed by atoms with Crippen molar-refractivity contribution in [3.05, 3.63) is 65.7 Å². The first-order valence-electron chi connectivity index (χ1n) is 7.80. The SMILES string of the molecule is COc1ccc(C2C(=O)NC(c3ccccc3)=NN2C(=O)C(F)(F)F)cc1. The summed E-state index contributed by atoms with van der Waals surface area (Å²) in [6, 6.07) is 12.3. The third-order valence-electron chi connectivity index (χ3n) is 3.87. The van der Waals surface area contributed by atoms with Crippen LogP contribution >= 0.6 is 0 Å². The quantitative estimate of drug-likeness (QED) is 0.894. The van der Waals surface area contributed by atoms with E-state index in [0.717, 1.165) is 0 Å². The van der Waals surface area contributed by atoms with Crippen molar-refractivity contribution in [2.24, 2.45) is 5.10 Å². The van der Waals surface area contributed by atoms with Crippen LogP contribution < -0.4 is 10.1 Å². The van der Waals surface area contributed by atoms with E-state index in [2.05, 4.69) is 10.4 Å². The maximum atomic E-state index is 13.1. The Morgan fingerprint density at radius 2 is 1.74 bits per heavy atom. The van der Waals surface area contributed by atoms with Crippen LogP contribution in [0.15, 0.2) is 59.7 Å². The van der Waals surface area contributed by atoms with Gasteiger partial charge in [0.15, 0.2) is 11.9 Å². The lowest BCUT2D eigenvalue weighted by Crippen LogP contribution is -2.52. The minimum Gasteiger partial charge on any atom is -0.497 e. The molecule has 9 heteroatoms. The summed E-state index contributed by atoms with van der Waals surface area (Å²) in [6.45, 7) is 0. The first-order chi connectivity index (χ1) is 12.8. The fraction of sp³-hybridized carbons (Fsp3) is 0.167. The molecule has 140 valence electrons. The Morgan fingerprint density at radius 1 is 1.11 bits per heavy atom. The number of ether oxygens (including phenoxy) is 1. The maximum absolute atomic E-state index is 13.1. The highest BCUT2D eigenvalue weighted by molar-refractivity contribution is 6.12. The molecule has 0 aromatic heterocycles. The predicted octanol–water partition coefficient (Wildman–Crippen LogP) is 2.62. The van der Waals surface area contributed by atoms with Crippen molar-refractivity contribution in [3.8, 4) is 5.75 Å². The molecule has 6 nitrogen and oxygen atoms in total. The normalized spacial score (nSPS) is 17.2. The topological polar surface area (TPSA) is 71.0 Å². The van der Waals surface area contributed by atoms with Gasteiger partial charge in [-0.25, -0.2) is 5.01 Å². The van der Waals surface area contributed by atoms with Crippen LogP contribution in [-0.4, -0.2) is 35.9 Å². The maximum Gasteiger partial charge on any atom is 0.473 e. The number of halogens is 3. The number of carbonyl (C=O) groups is 2. The Kier molecular flexibility index (Phi) is 4.85. The Hall–Kier alpha value is -3.36. The summed E-state index contributed by atoms with van der Waals surface area (Å²) in [4.78, 5) is 24.5. The van der Waals surface area contributed by atoms with Gasteiger partial charge in [0.1, 0.15) is 5.75 Å². The number of hydrogen-bond acceptors (Lipinski definition) is 4. The van der Waals surface area contributed by atoms with E-state index in [4.69, 9.17) is 4.74 Å². The van der Waals surface area contributed by atoms with Gasteiger partial charge in [-0.2, -0.15) is 18.3 Å². The molecule has 1 aliphatic rings. The summed E-state index contributed by atoms with van der Waals surface area (Å²) < 4.78 is 44.3. The van der Waals surface area contributed by atoms with Crippen molar-refractivity contribution >= 4 is 17.6 Å². The summed E-state index contributed by atoms with van der Waals surface area (Å²) in [5.74, 6) is -2.71. The highest BCUT2D eigenvalue weighted by Crippen LogP contribution is 2.31. The van der Waals surface area contributed by atoms with Crippen LogP contribution in [0.25, 0.3) is 0 Å². The molecule has 0 radical (unpaired) electrons. The lowest BCUT2D eigenvalue weighted by Gasteiger charge is -2.32. The van der Waals surface area contributed by atoms with Crippen LogP contribution in [0.5, 0.6) is 5.75 Å². The number of methoxy groups -OCH3 is 1. The average molecular weight is 377 g/mol. The van der Waals surface area contributed by atoms with E-state index in [9.17, 15) is 22.8 Å². The molecular weight excluding hydrogens is 363 g/mol. The monoisotopic (exact) mass is 377 g/mol. The first kappa shape index (κ1) is 18.4. The fourth-order valence-electron chi connectivity index (χ4n) is 2.58. The number of benzene rings is 2. The van der Waals surface area contributed by atoms with Crippen LogP contribution in [-0.2, 0) is 9.59 Å². The highest BCUT2D eigenvalue weighted by atomic mass is 19.4. The predicted molar refractivity (Wildman–Crippen MR) is 89.8 cm³/mol. The molecule has 1 atom stereocenters. The zero-order chi connectivity index (χ0) is 19.6. The number of nitrogens with zero attached hydrogens (tertiary/aromatic N) is 2. The van der Waals surface area contributed by atoms with E-state index in [1.807, 2.05) is 0 Å². The van der Waals surface area contributed by atoms with Gasteiger partial charge >= 0.3 is 12.1 Å². The van der Waals surface area contributed by atoms with Gasteiger partial charge in [-0.15, -0.1) is 0 Å². The Balaban J connectivity index is 2.07. The second-order valence-electron chi connectivity index (χ2n) is 5.63. The van der Waals surface area contributed by atoms with Gasteiger partial charge in [0.25, 0.3) is 5.91 Å². The number of amides is 2. The number of carbonyl (C=O) groups excluding carboxylic acids is 2. The summed E-state index contributed by atoms with van der Waals surface area (Å²) >= 11 is 0. The van der Waals surface area contributed by atoms with Crippen LogP contribution in [0.2, 0.25) is 0 Å². The number of amidine groups is 1. The number of hydrazone groups is 1. The fourth-order valence-corrected chi connectivity index (χ4v) is 2.58. The van der Waals surface area contributed by atoms with Crippen LogP contribution in [0, 0.1) is 0 Å². The van der Waals surface area contributed by atoms with Crippen molar-refractivity contribution in [2.75, 3.05) is 7.11 Å². The van der Waals surface area contributed by atoms with E-state index >= 15 is 0 Å². The first-order valence-corrected chi connectivity index (χ1v) is 7.80. The van der Waals surface area contributed by atoms with E-state index in [1.54, 1.807) is 30.3 Å². The van der Waals surface area contributed by atoms with Crippen molar-refractivity contribution < 1.29 is 27.5 Å². The van der Waals surface area contributed by atoms with Gasteiger partial charge in [0, 0.05) is 5.56 Å². The van der Waals surface area contributed by atoms with Gasteiger partial charge in [0.2, 0.25) is 0 Å². The third-order valence-corrected chi connectivity index (χ3v) is 3.87. The molecule has 0 fully saturated rings. The van der Waals surface area contributed by atoms with Crippen LogP contribution in [0.4, 0.5) is 13.2 Å². The number of alkyl halides is 3. The molecule has 2 aromatic rings. The van der Waals surface area contributed by atoms with Crippen molar-refractivity contribution in [3.63, 3.8) is 0 Å². The molecule has 1 N–H and O–H groups in total. The number of nitrogens with one attached hydrogen (secondary N) is 1. The standard InChI is InChI=1S/C18H14F3N3O3/c1-27-13-9-7-11(8-10-13)14-16(25)22-15(12-5-3-2-4-6-12)23-24(14)17(26)18(19,20)21/h2-10,14H,1H3,(H,22,23,25). The molecule has 0 saturated carbocycles. The summed E-state index contributed by atoms with van der Waals surface area (Å²) in [5.41, 5.74) is 0.542. The van der Waals surface area contributed by atoms with E-state index in [0.29, 0.717) is 11.3 Å². The Morgan fingerprint density at radius 3 is 2.30 bits per heavy atom. The molecule has 0 bridgehead atoms. The summed E-state index contributed by atoms with van der Waals surface area (Å²) in [6.07, 6.45) is -5.19. The molecule has 2 aromatic carbocycles. The van der Waals surface area contributed by atoms with Crippen molar-refractivity contribution in [2.45, 2.75) is 12.2 Å².